The van der Waals surface area contributed by atoms with Gasteiger partial charge >= 0.3 is 0 Å². The summed E-state index contributed by atoms with van der Waals surface area (Å²) >= 11 is 5.27. The Balaban J connectivity index is 2.26. The number of carbonyl (C=O) groups excluding carboxylic acids is 1. The van der Waals surface area contributed by atoms with E-state index in [0.29, 0.717) is 10.2 Å². The number of benzene rings is 2. The number of hydrogen-bond donors (Lipinski definition) is 1. The van der Waals surface area contributed by atoms with Gasteiger partial charge in [-0.15, -0.1) is 0 Å². The Hall–Kier alpha value is -1.48. The molecule has 2 rings (SSSR count). The quantitative estimate of drug-likeness (QED) is 0.415. The molecule has 2 aromatic rings. The second-order valence-electron chi connectivity index (χ2n) is 4.34. The van der Waals surface area contributed by atoms with Crippen LogP contribution >= 0.6 is 38.5 Å². The van der Waals surface area contributed by atoms with Crippen molar-refractivity contribution in [2.45, 2.75) is 6.92 Å². The molecule has 0 fully saturated rings. The molecule has 0 aliphatic heterocycles. The Labute approximate surface area is 143 Å². The maximum Gasteiger partial charge on any atom is 0.284 e. The molecule has 7 heteroatoms. The smallest absolute Gasteiger partial charge is 0.284 e. The van der Waals surface area contributed by atoms with Gasteiger partial charge in [0.2, 0.25) is 0 Å². The van der Waals surface area contributed by atoms with Crippen LogP contribution in [0.4, 0.5) is 11.4 Å². The fourth-order valence-electron chi connectivity index (χ4n) is 1.67. The first kappa shape index (κ1) is 15.9. The zero-order valence-electron chi connectivity index (χ0n) is 10.9. The van der Waals surface area contributed by atoms with Crippen LogP contribution in [0.15, 0.2) is 40.9 Å². The molecule has 1 amide bonds. The van der Waals surface area contributed by atoms with E-state index in [1.807, 2.05) is 19.1 Å². The Morgan fingerprint density at radius 1 is 1.29 bits per heavy atom. The molecule has 2 aromatic carbocycles. The van der Waals surface area contributed by atoms with Crippen molar-refractivity contribution >= 4 is 55.8 Å². The SMILES string of the molecule is Cc1ccc(NC(=O)c2ccc(Br)c([N+](=O)[O-])c2)cc1I. The van der Waals surface area contributed by atoms with Crippen LogP contribution in [0.2, 0.25) is 0 Å². The van der Waals surface area contributed by atoms with Crippen LogP contribution in [0, 0.1) is 20.6 Å². The van der Waals surface area contributed by atoms with Crippen LogP contribution in [0.5, 0.6) is 0 Å². The summed E-state index contributed by atoms with van der Waals surface area (Å²) in [7, 11) is 0. The summed E-state index contributed by atoms with van der Waals surface area (Å²) in [4.78, 5) is 22.5. The third-order valence-corrected chi connectivity index (χ3v) is 4.67. The first-order valence-corrected chi connectivity index (χ1v) is 7.77. The van der Waals surface area contributed by atoms with Gasteiger partial charge in [0.05, 0.1) is 9.40 Å². The average Bonchev–Trinajstić information content (AvgIpc) is 2.43. The van der Waals surface area contributed by atoms with E-state index in [0.717, 1.165) is 9.13 Å². The fraction of sp³-hybridized carbons (Fsp3) is 0.0714. The maximum atomic E-state index is 12.1. The minimum Gasteiger partial charge on any atom is -0.322 e. The van der Waals surface area contributed by atoms with E-state index in [1.54, 1.807) is 6.07 Å². The van der Waals surface area contributed by atoms with Gasteiger partial charge in [-0.25, -0.2) is 0 Å². The Bertz CT molecular complexity index is 734. The fourth-order valence-corrected chi connectivity index (χ4v) is 2.57. The summed E-state index contributed by atoms with van der Waals surface area (Å²) in [6.07, 6.45) is 0. The molecule has 5 nitrogen and oxygen atoms in total. The van der Waals surface area contributed by atoms with E-state index in [2.05, 4.69) is 43.8 Å². The van der Waals surface area contributed by atoms with Crippen LogP contribution < -0.4 is 5.32 Å². The molecule has 0 unspecified atom stereocenters. The van der Waals surface area contributed by atoms with Crippen molar-refractivity contribution in [2.75, 3.05) is 5.32 Å². The van der Waals surface area contributed by atoms with Crippen molar-refractivity contribution in [1.29, 1.82) is 0 Å². The summed E-state index contributed by atoms with van der Waals surface area (Å²) in [6, 6.07) is 9.82. The number of anilines is 1. The third-order valence-electron chi connectivity index (χ3n) is 2.83. The van der Waals surface area contributed by atoms with Gasteiger partial charge < -0.3 is 5.32 Å². The number of aryl methyl sites for hydroxylation is 1. The van der Waals surface area contributed by atoms with Crippen LogP contribution in [0.25, 0.3) is 0 Å². The molecule has 21 heavy (non-hydrogen) atoms. The standard InChI is InChI=1S/C14H10BrIN2O3/c1-8-2-4-10(7-12(8)16)17-14(19)9-3-5-11(15)13(6-9)18(20)21/h2-7H,1H3,(H,17,19). The van der Waals surface area contributed by atoms with Crippen molar-refractivity contribution in [2.24, 2.45) is 0 Å². The van der Waals surface area contributed by atoms with Crippen molar-refractivity contribution < 1.29 is 9.72 Å². The van der Waals surface area contributed by atoms with Gasteiger partial charge in [0.15, 0.2) is 0 Å². The Morgan fingerprint density at radius 3 is 2.62 bits per heavy atom. The number of halogens is 2. The summed E-state index contributed by atoms with van der Waals surface area (Å²) in [5.74, 6) is -0.384. The molecular formula is C14H10BrIN2O3. The molecule has 0 aliphatic carbocycles. The molecule has 0 saturated heterocycles. The zero-order valence-corrected chi connectivity index (χ0v) is 14.6. The first-order valence-electron chi connectivity index (χ1n) is 5.90. The van der Waals surface area contributed by atoms with Crippen molar-refractivity contribution in [3.8, 4) is 0 Å². The van der Waals surface area contributed by atoms with Gasteiger partial charge in [-0.2, -0.15) is 0 Å². The van der Waals surface area contributed by atoms with Gasteiger partial charge in [-0.3, -0.25) is 14.9 Å². The van der Waals surface area contributed by atoms with E-state index in [4.69, 9.17) is 0 Å². The van der Waals surface area contributed by atoms with Crippen LogP contribution in [0.3, 0.4) is 0 Å². The van der Waals surface area contributed by atoms with Crippen molar-refractivity contribution in [1.82, 2.24) is 0 Å². The second kappa shape index (κ2) is 6.52. The predicted molar refractivity (Wildman–Crippen MR) is 92.6 cm³/mol. The molecule has 0 atom stereocenters. The number of nitro benzene ring substituents is 1. The zero-order chi connectivity index (χ0) is 15.6. The number of nitrogens with zero attached hydrogens (tertiary/aromatic N) is 1. The molecule has 0 heterocycles. The molecule has 0 aliphatic rings. The normalized spacial score (nSPS) is 10.2. The van der Waals surface area contributed by atoms with E-state index >= 15 is 0 Å². The van der Waals surface area contributed by atoms with Crippen LogP contribution in [-0.2, 0) is 0 Å². The van der Waals surface area contributed by atoms with Gasteiger partial charge in [0.25, 0.3) is 11.6 Å². The topological polar surface area (TPSA) is 72.2 Å². The third kappa shape index (κ3) is 3.79. The summed E-state index contributed by atoms with van der Waals surface area (Å²) < 4.78 is 1.38. The van der Waals surface area contributed by atoms with E-state index in [-0.39, 0.29) is 17.2 Å². The van der Waals surface area contributed by atoms with Crippen LogP contribution in [-0.4, -0.2) is 10.8 Å². The maximum absolute atomic E-state index is 12.1. The van der Waals surface area contributed by atoms with Crippen LogP contribution in [0.1, 0.15) is 15.9 Å². The van der Waals surface area contributed by atoms with E-state index < -0.39 is 4.92 Å². The second-order valence-corrected chi connectivity index (χ2v) is 6.36. The number of nitrogens with one attached hydrogen (secondary N) is 1. The first-order chi connectivity index (χ1) is 9.88. The Morgan fingerprint density at radius 2 is 2.00 bits per heavy atom. The number of nitro groups is 1. The highest BCUT2D eigenvalue weighted by molar-refractivity contribution is 14.1. The highest BCUT2D eigenvalue weighted by Crippen LogP contribution is 2.26. The number of rotatable bonds is 3. The highest BCUT2D eigenvalue weighted by atomic mass is 127. The lowest BCUT2D eigenvalue weighted by Crippen LogP contribution is -2.12. The molecular weight excluding hydrogens is 451 g/mol. The lowest BCUT2D eigenvalue weighted by Gasteiger charge is -2.07. The lowest BCUT2D eigenvalue weighted by atomic mass is 10.1. The van der Waals surface area contributed by atoms with Crippen molar-refractivity contribution in [3.63, 3.8) is 0 Å². The molecule has 108 valence electrons. The molecule has 0 spiro atoms. The Kier molecular flexibility index (Phi) is 4.94. The van der Waals surface area contributed by atoms with Gasteiger partial charge in [-0.1, -0.05) is 6.07 Å². The summed E-state index contributed by atoms with van der Waals surface area (Å²) in [5, 5.41) is 13.6. The van der Waals surface area contributed by atoms with E-state index in [1.165, 1.54) is 18.2 Å². The monoisotopic (exact) mass is 460 g/mol. The molecule has 0 saturated carbocycles. The van der Waals surface area contributed by atoms with Crippen molar-refractivity contribution in [3.05, 3.63) is 65.7 Å². The lowest BCUT2D eigenvalue weighted by molar-refractivity contribution is -0.385. The van der Waals surface area contributed by atoms with E-state index in [9.17, 15) is 14.9 Å². The average molecular weight is 461 g/mol. The molecule has 0 bridgehead atoms. The highest BCUT2D eigenvalue weighted by Gasteiger charge is 2.16. The number of carbonyl (C=O) groups is 1. The van der Waals surface area contributed by atoms with Gasteiger partial charge in [0, 0.05) is 20.9 Å². The molecule has 0 aromatic heterocycles. The van der Waals surface area contributed by atoms with Gasteiger partial charge in [-0.05, 0) is 75.3 Å². The predicted octanol–water partition coefficient (Wildman–Crippen LogP) is 4.52. The largest absolute Gasteiger partial charge is 0.322 e. The molecule has 1 N–H and O–H groups in total. The van der Waals surface area contributed by atoms with Gasteiger partial charge in [0.1, 0.15) is 0 Å². The number of hydrogen-bond acceptors (Lipinski definition) is 3. The minimum atomic E-state index is -0.532. The number of amides is 1. The summed E-state index contributed by atoms with van der Waals surface area (Å²) in [6.45, 7) is 1.98. The molecule has 0 radical (unpaired) electrons. The minimum absolute atomic E-state index is 0.138. The summed E-state index contributed by atoms with van der Waals surface area (Å²) in [5.41, 5.74) is 1.87.